The number of nitro groups is 1. The SMILES string of the molecule is CCCOCCn1cc([N+](=O)[O-])c(C(=O)OC)n1. The highest BCUT2D eigenvalue weighted by Gasteiger charge is 2.26. The monoisotopic (exact) mass is 257 g/mol. The van der Waals surface area contributed by atoms with Gasteiger partial charge in [-0.3, -0.25) is 14.8 Å². The van der Waals surface area contributed by atoms with E-state index in [1.54, 1.807) is 0 Å². The van der Waals surface area contributed by atoms with Gasteiger partial charge in [0.2, 0.25) is 5.69 Å². The molecule has 0 N–H and O–H groups in total. The van der Waals surface area contributed by atoms with Crippen LogP contribution in [0.3, 0.4) is 0 Å². The Balaban J connectivity index is 2.76. The van der Waals surface area contributed by atoms with Crippen LogP contribution in [0.25, 0.3) is 0 Å². The zero-order valence-electron chi connectivity index (χ0n) is 10.3. The van der Waals surface area contributed by atoms with Gasteiger partial charge in [-0.1, -0.05) is 6.92 Å². The highest BCUT2D eigenvalue weighted by molar-refractivity contribution is 5.91. The quantitative estimate of drug-likeness (QED) is 0.313. The lowest BCUT2D eigenvalue weighted by molar-refractivity contribution is -0.385. The van der Waals surface area contributed by atoms with Crippen LogP contribution in [0.4, 0.5) is 5.69 Å². The summed E-state index contributed by atoms with van der Waals surface area (Å²) in [5.74, 6) is -0.824. The second-order valence-electron chi connectivity index (χ2n) is 3.49. The molecule has 0 unspecified atom stereocenters. The van der Waals surface area contributed by atoms with Gasteiger partial charge in [0, 0.05) is 6.61 Å². The maximum absolute atomic E-state index is 11.3. The van der Waals surface area contributed by atoms with Crippen molar-refractivity contribution in [3.05, 3.63) is 22.0 Å². The molecule has 1 aromatic rings. The van der Waals surface area contributed by atoms with E-state index in [-0.39, 0.29) is 11.4 Å². The van der Waals surface area contributed by atoms with Crippen molar-refractivity contribution < 1.29 is 19.2 Å². The molecule has 0 aliphatic rings. The van der Waals surface area contributed by atoms with Crippen LogP contribution >= 0.6 is 0 Å². The van der Waals surface area contributed by atoms with E-state index in [0.29, 0.717) is 19.8 Å². The summed E-state index contributed by atoms with van der Waals surface area (Å²) >= 11 is 0. The Morgan fingerprint density at radius 3 is 2.83 bits per heavy atom. The van der Waals surface area contributed by atoms with Crippen LogP contribution in [-0.2, 0) is 16.0 Å². The summed E-state index contributed by atoms with van der Waals surface area (Å²) in [5, 5.41) is 14.6. The predicted molar refractivity (Wildman–Crippen MR) is 61.3 cm³/mol. The molecule has 100 valence electrons. The Bertz CT molecular complexity index is 429. The molecule has 8 nitrogen and oxygen atoms in total. The molecule has 18 heavy (non-hydrogen) atoms. The van der Waals surface area contributed by atoms with Crippen LogP contribution in [-0.4, -0.2) is 41.0 Å². The lowest BCUT2D eigenvalue weighted by atomic mass is 10.4. The summed E-state index contributed by atoms with van der Waals surface area (Å²) in [4.78, 5) is 21.4. The van der Waals surface area contributed by atoms with Crippen LogP contribution in [0.15, 0.2) is 6.20 Å². The van der Waals surface area contributed by atoms with Crippen LogP contribution < -0.4 is 0 Å². The maximum atomic E-state index is 11.3. The van der Waals surface area contributed by atoms with Gasteiger partial charge in [-0.2, -0.15) is 5.10 Å². The van der Waals surface area contributed by atoms with E-state index in [9.17, 15) is 14.9 Å². The number of esters is 1. The number of hydrogen-bond donors (Lipinski definition) is 0. The summed E-state index contributed by atoms with van der Waals surface area (Å²) < 4.78 is 11.0. The number of carbonyl (C=O) groups excluding carboxylic acids is 1. The standard InChI is InChI=1S/C10H15N3O5/c1-3-5-18-6-4-12-7-8(13(15)16)9(11-12)10(14)17-2/h7H,3-6H2,1-2H3. The van der Waals surface area contributed by atoms with Crippen LogP contribution in [0.2, 0.25) is 0 Å². The minimum Gasteiger partial charge on any atom is -0.464 e. The van der Waals surface area contributed by atoms with E-state index < -0.39 is 10.9 Å². The Morgan fingerprint density at radius 2 is 2.28 bits per heavy atom. The van der Waals surface area contributed by atoms with Crippen LogP contribution in [0, 0.1) is 10.1 Å². The Kier molecular flexibility index (Phi) is 5.25. The van der Waals surface area contributed by atoms with Gasteiger partial charge in [0.1, 0.15) is 6.20 Å². The summed E-state index contributed by atoms with van der Waals surface area (Å²) in [6.45, 7) is 3.33. The fourth-order valence-corrected chi connectivity index (χ4v) is 1.31. The fourth-order valence-electron chi connectivity index (χ4n) is 1.31. The number of methoxy groups -OCH3 is 1. The largest absolute Gasteiger partial charge is 0.464 e. The summed E-state index contributed by atoms with van der Waals surface area (Å²) in [5.41, 5.74) is -0.657. The molecular formula is C10H15N3O5. The fraction of sp³-hybridized carbons (Fsp3) is 0.600. The number of rotatable bonds is 7. The van der Waals surface area contributed by atoms with Gasteiger partial charge in [0.05, 0.1) is 25.2 Å². The Hall–Kier alpha value is -1.96. The van der Waals surface area contributed by atoms with Crippen molar-refractivity contribution in [2.24, 2.45) is 0 Å². The maximum Gasteiger partial charge on any atom is 0.365 e. The van der Waals surface area contributed by atoms with Gasteiger partial charge in [-0.15, -0.1) is 0 Å². The van der Waals surface area contributed by atoms with Gasteiger partial charge in [0.25, 0.3) is 0 Å². The number of carbonyl (C=O) groups is 1. The minimum atomic E-state index is -0.824. The van der Waals surface area contributed by atoms with Crippen molar-refractivity contribution >= 4 is 11.7 Å². The molecule has 1 rings (SSSR count). The molecule has 0 radical (unpaired) electrons. The first kappa shape index (κ1) is 14.1. The van der Waals surface area contributed by atoms with Crippen molar-refractivity contribution in [2.75, 3.05) is 20.3 Å². The zero-order chi connectivity index (χ0) is 13.5. The van der Waals surface area contributed by atoms with Crippen molar-refractivity contribution in [3.8, 4) is 0 Å². The average Bonchev–Trinajstić information content (AvgIpc) is 2.78. The second kappa shape index (κ2) is 6.70. The van der Waals surface area contributed by atoms with E-state index in [2.05, 4.69) is 9.84 Å². The molecule has 0 aliphatic heterocycles. The Morgan fingerprint density at radius 1 is 1.56 bits per heavy atom. The van der Waals surface area contributed by atoms with E-state index >= 15 is 0 Å². The molecule has 1 heterocycles. The van der Waals surface area contributed by atoms with Gasteiger partial charge in [-0.25, -0.2) is 4.79 Å². The first-order chi connectivity index (χ1) is 8.60. The lowest BCUT2D eigenvalue weighted by Gasteiger charge is -2.01. The highest BCUT2D eigenvalue weighted by atomic mass is 16.6. The molecule has 0 amide bonds. The van der Waals surface area contributed by atoms with E-state index in [4.69, 9.17) is 4.74 Å². The molecule has 0 bridgehead atoms. The predicted octanol–water partition coefficient (Wildman–Crippen LogP) is 1.00. The topological polar surface area (TPSA) is 96.5 Å². The van der Waals surface area contributed by atoms with Crippen LogP contribution in [0.1, 0.15) is 23.8 Å². The molecule has 0 atom stereocenters. The molecule has 0 spiro atoms. The molecule has 0 aliphatic carbocycles. The van der Waals surface area contributed by atoms with Gasteiger partial charge < -0.3 is 9.47 Å². The number of ether oxygens (including phenoxy) is 2. The summed E-state index contributed by atoms with van der Waals surface area (Å²) in [6.07, 6.45) is 2.09. The van der Waals surface area contributed by atoms with Crippen molar-refractivity contribution in [1.82, 2.24) is 9.78 Å². The number of aromatic nitrogens is 2. The van der Waals surface area contributed by atoms with E-state index in [1.807, 2.05) is 6.92 Å². The average molecular weight is 257 g/mol. The molecule has 0 aromatic carbocycles. The normalized spacial score (nSPS) is 10.3. The summed E-state index contributed by atoms with van der Waals surface area (Å²) in [6, 6.07) is 0. The lowest BCUT2D eigenvalue weighted by Crippen LogP contribution is -2.09. The molecule has 1 aromatic heterocycles. The third-order valence-electron chi connectivity index (χ3n) is 2.13. The first-order valence-electron chi connectivity index (χ1n) is 5.48. The zero-order valence-corrected chi connectivity index (χ0v) is 10.3. The minimum absolute atomic E-state index is 0.294. The molecule has 8 heteroatoms. The third kappa shape index (κ3) is 3.52. The first-order valence-corrected chi connectivity index (χ1v) is 5.48. The van der Waals surface area contributed by atoms with Crippen molar-refractivity contribution in [2.45, 2.75) is 19.9 Å². The third-order valence-corrected chi connectivity index (χ3v) is 2.13. The van der Waals surface area contributed by atoms with Crippen molar-refractivity contribution in [1.29, 1.82) is 0 Å². The number of nitrogens with zero attached hydrogens (tertiary/aromatic N) is 3. The van der Waals surface area contributed by atoms with Crippen molar-refractivity contribution in [3.63, 3.8) is 0 Å². The second-order valence-corrected chi connectivity index (χ2v) is 3.49. The van der Waals surface area contributed by atoms with Gasteiger partial charge in [-0.05, 0) is 6.42 Å². The van der Waals surface area contributed by atoms with Gasteiger partial charge >= 0.3 is 11.7 Å². The molecular weight excluding hydrogens is 242 g/mol. The van der Waals surface area contributed by atoms with E-state index in [1.165, 1.54) is 10.9 Å². The van der Waals surface area contributed by atoms with Gasteiger partial charge in [0.15, 0.2) is 0 Å². The number of hydrogen-bond acceptors (Lipinski definition) is 6. The molecule has 0 saturated heterocycles. The molecule has 0 saturated carbocycles. The Labute approximate surface area is 104 Å². The van der Waals surface area contributed by atoms with Crippen LogP contribution in [0.5, 0.6) is 0 Å². The van der Waals surface area contributed by atoms with E-state index in [0.717, 1.165) is 13.5 Å². The summed E-state index contributed by atoms with van der Waals surface area (Å²) in [7, 11) is 1.15. The molecule has 0 fully saturated rings. The smallest absolute Gasteiger partial charge is 0.365 e. The highest BCUT2D eigenvalue weighted by Crippen LogP contribution is 2.17.